The Morgan fingerprint density at radius 2 is 1.98 bits per heavy atom. The van der Waals surface area contributed by atoms with Crippen LogP contribution in [0.15, 0.2) is 55.6 Å². The van der Waals surface area contributed by atoms with E-state index in [1.165, 1.54) is 0 Å². The Morgan fingerprint density at radius 1 is 1.25 bits per heavy atom. The number of carbonyl (C=O) groups is 3. The van der Waals surface area contributed by atoms with Crippen LogP contribution in [0.2, 0.25) is 0 Å². The van der Waals surface area contributed by atoms with Crippen LogP contribution in [0.3, 0.4) is 0 Å². The summed E-state index contributed by atoms with van der Waals surface area (Å²) in [5.74, 6) is -2.78. The minimum atomic E-state index is -1.18. The summed E-state index contributed by atoms with van der Waals surface area (Å²) in [5.41, 5.74) is -1.13. The number of benzene rings is 1. The summed E-state index contributed by atoms with van der Waals surface area (Å²) in [4.78, 5) is 45.7. The molecule has 218 valence electrons. The van der Waals surface area contributed by atoms with Gasteiger partial charge in [-0.05, 0) is 44.1 Å². The topological polar surface area (TPSA) is 96.4 Å². The number of hydrogen-bond donors (Lipinski definition) is 1. The fourth-order valence-corrected chi connectivity index (χ4v) is 7.03. The number of aliphatic hydroxyl groups is 1. The van der Waals surface area contributed by atoms with Gasteiger partial charge in [0.1, 0.15) is 17.6 Å². The predicted octanol–water partition coefficient (Wildman–Crippen LogP) is 3.88. The first kappa shape index (κ1) is 30.0. The van der Waals surface area contributed by atoms with Gasteiger partial charge in [0.25, 0.3) is 0 Å². The molecule has 2 unspecified atom stereocenters. The molecule has 2 bridgehead atoms. The summed E-state index contributed by atoms with van der Waals surface area (Å²) >= 11 is 0. The molecule has 0 saturated carbocycles. The summed E-state index contributed by atoms with van der Waals surface area (Å²) in [6.45, 7) is 14.0. The Kier molecular flexibility index (Phi) is 9.20. The highest BCUT2D eigenvalue weighted by atomic mass is 16.6. The monoisotopic (exact) mass is 552 g/mol. The van der Waals surface area contributed by atoms with Crippen LogP contribution >= 0.6 is 0 Å². The molecule has 3 heterocycles. The molecule has 3 aliphatic rings. The smallest absolute Gasteiger partial charge is 0.312 e. The molecular weight excluding hydrogens is 508 g/mol. The number of likely N-dealkylation sites (tertiary alicyclic amines) is 1. The summed E-state index contributed by atoms with van der Waals surface area (Å²) in [7, 11) is 0. The van der Waals surface area contributed by atoms with Crippen molar-refractivity contribution in [3.8, 4) is 0 Å². The van der Waals surface area contributed by atoms with Crippen LogP contribution in [0.25, 0.3) is 0 Å². The number of rotatable bonds is 14. The molecule has 2 amide bonds. The Bertz CT molecular complexity index is 1110. The highest BCUT2D eigenvalue weighted by Gasteiger charge is 2.79. The first-order chi connectivity index (χ1) is 19.2. The molecule has 0 aromatic heterocycles. The minimum absolute atomic E-state index is 0.0708. The van der Waals surface area contributed by atoms with Crippen LogP contribution in [0.1, 0.15) is 58.4 Å². The third-order valence-electron chi connectivity index (χ3n) is 9.22. The molecule has 1 aromatic rings. The summed E-state index contributed by atoms with van der Waals surface area (Å²) < 4.78 is 12.4. The van der Waals surface area contributed by atoms with Crippen LogP contribution in [0.4, 0.5) is 0 Å². The lowest BCUT2D eigenvalue weighted by atomic mass is 9.66. The van der Waals surface area contributed by atoms with E-state index in [9.17, 15) is 19.5 Å². The Labute approximate surface area is 238 Å². The molecule has 8 nitrogen and oxygen atoms in total. The third kappa shape index (κ3) is 5.12. The zero-order valence-electron chi connectivity index (χ0n) is 24.1. The zero-order valence-corrected chi connectivity index (χ0v) is 24.1. The fourth-order valence-electron chi connectivity index (χ4n) is 7.03. The van der Waals surface area contributed by atoms with Crippen LogP contribution < -0.4 is 0 Å². The van der Waals surface area contributed by atoms with Gasteiger partial charge in [-0.25, -0.2) is 0 Å². The second kappa shape index (κ2) is 12.3. The largest absolute Gasteiger partial charge is 0.465 e. The number of hydrogen-bond acceptors (Lipinski definition) is 6. The summed E-state index contributed by atoms with van der Waals surface area (Å²) in [5, 5.41) is 10.5. The number of esters is 1. The van der Waals surface area contributed by atoms with Crippen molar-refractivity contribution < 1.29 is 29.0 Å². The first-order valence-corrected chi connectivity index (χ1v) is 14.5. The predicted molar refractivity (Wildman–Crippen MR) is 152 cm³/mol. The molecule has 1 N–H and O–H groups in total. The van der Waals surface area contributed by atoms with Gasteiger partial charge < -0.3 is 24.4 Å². The molecule has 3 fully saturated rings. The Morgan fingerprint density at radius 3 is 2.60 bits per heavy atom. The molecule has 0 aliphatic carbocycles. The SMILES string of the molecule is C=CCCCOC(=O)[C@@H]1[C@H]2C(=O)N([C@@H](CO)[C@@H](C)CC)C(C(=O)N(CC=C)Cc3ccccc3)C23CC[C@@]1(C)O3. The van der Waals surface area contributed by atoms with Crippen molar-refractivity contribution in [3.63, 3.8) is 0 Å². The normalized spacial score (nSPS) is 30.1. The van der Waals surface area contributed by atoms with Gasteiger partial charge in [0.05, 0.1) is 30.8 Å². The maximum Gasteiger partial charge on any atom is 0.312 e. The molecule has 7 atom stereocenters. The molecule has 3 aliphatic heterocycles. The Balaban J connectivity index is 1.76. The zero-order chi connectivity index (χ0) is 29.1. The van der Waals surface area contributed by atoms with Crippen LogP contribution in [-0.4, -0.2) is 75.7 Å². The second-order valence-corrected chi connectivity index (χ2v) is 11.7. The van der Waals surface area contributed by atoms with Gasteiger partial charge in [-0.1, -0.05) is 62.8 Å². The Hall–Kier alpha value is -2.97. The molecule has 3 saturated heterocycles. The molecule has 4 rings (SSSR count). The number of carbonyl (C=O) groups excluding carboxylic acids is 3. The van der Waals surface area contributed by atoms with Crippen molar-refractivity contribution >= 4 is 17.8 Å². The molecule has 0 radical (unpaired) electrons. The van der Waals surface area contributed by atoms with Crippen molar-refractivity contribution in [2.45, 2.75) is 82.7 Å². The highest BCUT2D eigenvalue weighted by molar-refractivity contribution is 5.98. The first-order valence-electron chi connectivity index (χ1n) is 14.5. The number of nitrogens with zero attached hydrogens (tertiary/aromatic N) is 2. The fraction of sp³-hybridized carbons (Fsp3) is 0.594. The van der Waals surface area contributed by atoms with Crippen LogP contribution in [0, 0.1) is 17.8 Å². The van der Waals surface area contributed by atoms with Crippen molar-refractivity contribution in [2.75, 3.05) is 19.8 Å². The van der Waals surface area contributed by atoms with Crippen LogP contribution in [0.5, 0.6) is 0 Å². The van der Waals surface area contributed by atoms with E-state index in [0.29, 0.717) is 32.2 Å². The maximum absolute atomic E-state index is 14.6. The third-order valence-corrected chi connectivity index (χ3v) is 9.22. The number of unbranched alkanes of at least 4 members (excludes halogenated alkanes) is 1. The van der Waals surface area contributed by atoms with E-state index >= 15 is 0 Å². The maximum atomic E-state index is 14.6. The molecule has 40 heavy (non-hydrogen) atoms. The average molecular weight is 553 g/mol. The van der Waals surface area contributed by atoms with Crippen molar-refractivity contribution in [1.82, 2.24) is 9.80 Å². The van der Waals surface area contributed by atoms with E-state index in [-0.39, 0.29) is 37.5 Å². The molecule has 1 aromatic carbocycles. The second-order valence-electron chi connectivity index (χ2n) is 11.7. The lowest BCUT2D eigenvalue weighted by Gasteiger charge is -2.41. The lowest BCUT2D eigenvalue weighted by Crippen LogP contribution is -2.59. The van der Waals surface area contributed by atoms with E-state index in [2.05, 4.69) is 13.2 Å². The van der Waals surface area contributed by atoms with Gasteiger partial charge >= 0.3 is 5.97 Å². The molecule has 1 spiro atoms. The van der Waals surface area contributed by atoms with E-state index in [1.54, 1.807) is 22.0 Å². The highest BCUT2D eigenvalue weighted by Crippen LogP contribution is 2.64. The van der Waals surface area contributed by atoms with E-state index < -0.39 is 41.1 Å². The molecule has 8 heteroatoms. The van der Waals surface area contributed by atoms with Crippen molar-refractivity contribution in [2.24, 2.45) is 17.8 Å². The minimum Gasteiger partial charge on any atom is -0.465 e. The van der Waals surface area contributed by atoms with Crippen LogP contribution in [-0.2, 0) is 30.4 Å². The average Bonchev–Trinajstić information content (AvgIpc) is 3.52. The van der Waals surface area contributed by atoms with Crippen molar-refractivity contribution in [3.05, 3.63) is 61.2 Å². The molecular formula is C32H44N2O6. The quantitative estimate of drug-likeness (QED) is 0.214. The standard InChI is InChI=1S/C32H44N2O6/c1-6-9-13-19-39-30(38)26-25-28(36)34(24(21-35)22(4)8-3)27(32(25)17-16-31(26,5)40-32)29(37)33(18-7-2)20-23-14-11-10-12-15-23/h6-7,10-12,14-15,22,24-27,35H,1-2,8-9,13,16-21H2,3-5H3/t22-,24-,25-,26-,27?,31+,32?/m0/s1. The van der Waals surface area contributed by atoms with Gasteiger partial charge in [0.2, 0.25) is 11.8 Å². The van der Waals surface area contributed by atoms with Gasteiger partial charge in [-0.2, -0.15) is 0 Å². The number of ether oxygens (including phenoxy) is 2. The van der Waals surface area contributed by atoms with Crippen molar-refractivity contribution in [1.29, 1.82) is 0 Å². The van der Waals surface area contributed by atoms with E-state index in [1.807, 2.05) is 51.1 Å². The number of fused-ring (bicyclic) bond motifs is 1. The van der Waals surface area contributed by atoms with Gasteiger partial charge in [-0.15, -0.1) is 13.2 Å². The summed E-state index contributed by atoms with van der Waals surface area (Å²) in [6, 6.07) is 8.11. The van der Waals surface area contributed by atoms with Gasteiger partial charge in [0.15, 0.2) is 0 Å². The van der Waals surface area contributed by atoms with E-state index in [0.717, 1.165) is 12.0 Å². The van der Waals surface area contributed by atoms with Gasteiger partial charge in [-0.3, -0.25) is 14.4 Å². The number of amides is 2. The lowest BCUT2D eigenvalue weighted by molar-refractivity contribution is -0.162. The number of aliphatic hydroxyl groups excluding tert-OH is 1. The van der Waals surface area contributed by atoms with Gasteiger partial charge in [0, 0.05) is 13.1 Å². The number of allylic oxidation sites excluding steroid dienone is 1. The summed E-state index contributed by atoms with van der Waals surface area (Å²) in [6.07, 6.45) is 6.53. The van der Waals surface area contributed by atoms with E-state index in [4.69, 9.17) is 9.47 Å².